The fraction of sp³-hybridized carbons (Fsp3) is 0.500. The summed E-state index contributed by atoms with van der Waals surface area (Å²) in [4.78, 5) is 12.0. The quantitative estimate of drug-likeness (QED) is 0.867. The van der Waals surface area contributed by atoms with Gasteiger partial charge in [0, 0.05) is 25.3 Å². The van der Waals surface area contributed by atoms with E-state index in [1.54, 1.807) is 6.07 Å². The molecule has 0 atom stereocenters. The van der Waals surface area contributed by atoms with E-state index in [0.717, 1.165) is 26.1 Å². The zero-order chi connectivity index (χ0) is 13.7. The van der Waals surface area contributed by atoms with Crippen molar-refractivity contribution in [2.75, 3.05) is 26.9 Å². The predicted molar refractivity (Wildman–Crippen MR) is 70.5 cm³/mol. The Morgan fingerprint density at radius 3 is 2.89 bits per heavy atom. The van der Waals surface area contributed by atoms with Crippen LogP contribution < -0.4 is 10.1 Å². The Bertz CT molecular complexity index is 441. The van der Waals surface area contributed by atoms with Gasteiger partial charge in [-0.05, 0) is 37.0 Å². The SMILES string of the molecule is COc1cc(C(=O)NCC2CCOCC2)ccc1O. The molecular formula is C14H19NO4. The first-order valence-corrected chi connectivity index (χ1v) is 6.43. The molecule has 1 saturated heterocycles. The maximum atomic E-state index is 12.0. The second kappa shape index (κ2) is 6.43. The van der Waals surface area contributed by atoms with E-state index in [1.165, 1.54) is 19.2 Å². The number of rotatable bonds is 4. The largest absolute Gasteiger partial charge is 0.504 e. The van der Waals surface area contributed by atoms with E-state index >= 15 is 0 Å². The van der Waals surface area contributed by atoms with Gasteiger partial charge in [0.1, 0.15) is 0 Å². The molecule has 19 heavy (non-hydrogen) atoms. The number of hydrogen-bond acceptors (Lipinski definition) is 4. The van der Waals surface area contributed by atoms with Crippen LogP contribution in [0.2, 0.25) is 0 Å². The number of phenols is 1. The molecule has 1 heterocycles. The molecule has 1 amide bonds. The molecule has 2 N–H and O–H groups in total. The molecule has 0 unspecified atom stereocenters. The van der Waals surface area contributed by atoms with Crippen molar-refractivity contribution in [1.29, 1.82) is 0 Å². The van der Waals surface area contributed by atoms with E-state index in [9.17, 15) is 9.90 Å². The van der Waals surface area contributed by atoms with Crippen LogP contribution in [0.3, 0.4) is 0 Å². The van der Waals surface area contributed by atoms with Gasteiger partial charge in [-0.1, -0.05) is 0 Å². The van der Waals surface area contributed by atoms with E-state index in [0.29, 0.717) is 23.8 Å². The molecule has 0 radical (unpaired) electrons. The Kier molecular flexibility index (Phi) is 4.63. The molecule has 0 bridgehead atoms. The number of amides is 1. The van der Waals surface area contributed by atoms with Crippen LogP contribution in [0.25, 0.3) is 0 Å². The van der Waals surface area contributed by atoms with Crippen molar-refractivity contribution in [3.8, 4) is 11.5 Å². The summed E-state index contributed by atoms with van der Waals surface area (Å²) in [6.45, 7) is 2.20. The number of nitrogens with one attached hydrogen (secondary N) is 1. The minimum absolute atomic E-state index is 0.0310. The second-order valence-corrected chi connectivity index (χ2v) is 4.65. The van der Waals surface area contributed by atoms with Gasteiger partial charge in [-0.2, -0.15) is 0 Å². The molecule has 0 aromatic heterocycles. The van der Waals surface area contributed by atoms with Crippen LogP contribution in [0.1, 0.15) is 23.2 Å². The highest BCUT2D eigenvalue weighted by Crippen LogP contribution is 2.26. The van der Waals surface area contributed by atoms with Crippen LogP contribution in [-0.4, -0.2) is 37.9 Å². The number of carbonyl (C=O) groups excluding carboxylic acids is 1. The lowest BCUT2D eigenvalue weighted by Gasteiger charge is -2.22. The molecule has 0 spiro atoms. The van der Waals surface area contributed by atoms with Gasteiger partial charge in [-0.3, -0.25) is 4.79 Å². The lowest BCUT2D eigenvalue weighted by molar-refractivity contribution is 0.0642. The summed E-state index contributed by atoms with van der Waals surface area (Å²) >= 11 is 0. The molecular weight excluding hydrogens is 246 g/mol. The van der Waals surface area contributed by atoms with Crippen molar-refractivity contribution < 1.29 is 19.4 Å². The Morgan fingerprint density at radius 1 is 1.47 bits per heavy atom. The summed E-state index contributed by atoms with van der Waals surface area (Å²) in [7, 11) is 1.46. The Hall–Kier alpha value is -1.75. The zero-order valence-corrected chi connectivity index (χ0v) is 11.0. The summed E-state index contributed by atoms with van der Waals surface area (Å²) in [5.74, 6) is 0.670. The highest BCUT2D eigenvalue weighted by Gasteiger charge is 2.16. The second-order valence-electron chi connectivity index (χ2n) is 4.65. The van der Waals surface area contributed by atoms with E-state index in [4.69, 9.17) is 9.47 Å². The monoisotopic (exact) mass is 265 g/mol. The van der Waals surface area contributed by atoms with Gasteiger partial charge in [0.2, 0.25) is 0 Å². The normalized spacial score (nSPS) is 16.1. The van der Waals surface area contributed by atoms with E-state index < -0.39 is 0 Å². The van der Waals surface area contributed by atoms with Gasteiger partial charge in [0.15, 0.2) is 11.5 Å². The molecule has 104 valence electrons. The third-order valence-corrected chi connectivity index (χ3v) is 3.33. The van der Waals surface area contributed by atoms with E-state index in [1.807, 2.05) is 0 Å². The molecule has 1 aromatic carbocycles. The van der Waals surface area contributed by atoms with Crippen molar-refractivity contribution >= 4 is 5.91 Å². The van der Waals surface area contributed by atoms with Crippen LogP contribution in [-0.2, 0) is 4.74 Å². The maximum Gasteiger partial charge on any atom is 0.251 e. The van der Waals surface area contributed by atoms with Gasteiger partial charge in [-0.25, -0.2) is 0 Å². The Morgan fingerprint density at radius 2 is 2.21 bits per heavy atom. The van der Waals surface area contributed by atoms with Gasteiger partial charge in [0.25, 0.3) is 5.91 Å². The average Bonchev–Trinajstić information content (AvgIpc) is 2.46. The molecule has 1 aliphatic heterocycles. The Balaban J connectivity index is 1.92. The number of phenolic OH excluding ortho intramolecular Hbond substituents is 1. The third-order valence-electron chi connectivity index (χ3n) is 3.33. The molecule has 5 nitrogen and oxygen atoms in total. The van der Waals surface area contributed by atoms with Crippen molar-refractivity contribution in [1.82, 2.24) is 5.32 Å². The Labute approximate surface area is 112 Å². The molecule has 1 aromatic rings. The maximum absolute atomic E-state index is 12.0. The summed E-state index contributed by atoms with van der Waals surface area (Å²) in [6.07, 6.45) is 1.97. The van der Waals surface area contributed by atoms with Gasteiger partial charge in [-0.15, -0.1) is 0 Å². The molecule has 1 aliphatic rings. The summed E-state index contributed by atoms with van der Waals surface area (Å²) in [5.41, 5.74) is 0.488. The van der Waals surface area contributed by atoms with E-state index in [2.05, 4.69) is 5.32 Å². The first-order chi connectivity index (χ1) is 9.20. The fourth-order valence-electron chi connectivity index (χ4n) is 2.11. The lowest BCUT2D eigenvalue weighted by atomic mass is 10.0. The van der Waals surface area contributed by atoms with Crippen molar-refractivity contribution in [2.45, 2.75) is 12.8 Å². The summed E-state index contributed by atoms with van der Waals surface area (Å²) in [6, 6.07) is 4.58. The number of benzene rings is 1. The van der Waals surface area contributed by atoms with Crippen LogP contribution in [0.5, 0.6) is 11.5 Å². The van der Waals surface area contributed by atoms with Crippen molar-refractivity contribution in [3.63, 3.8) is 0 Å². The fourth-order valence-corrected chi connectivity index (χ4v) is 2.11. The highest BCUT2D eigenvalue weighted by molar-refractivity contribution is 5.94. The average molecular weight is 265 g/mol. The zero-order valence-electron chi connectivity index (χ0n) is 11.0. The van der Waals surface area contributed by atoms with E-state index in [-0.39, 0.29) is 11.7 Å². The minimum atomic E-state index is -0.148. The molecule has 0 saturated carbocycles. The topological polar surface area (TPSA) is 67.8 Å². The first kappa shape index (κ1) is 13.7. The third kappa shape index (κ3) is 3.61. The number of aromatic hydroxyl groups is 1. The number of carbonyl (C=O) groups is 1. The highest BCUT2D eigenvalue weighted by atomic mass is 16.5. The van der Waals surface area contributed by atoms with Crippen LogP contribution in [0.15, 0.2) is 18.2 Å². The predicted octanol–water partition coefficient (Wildman–Crippen LogP) is 1.56. The van der Waals surface area contributed by atoms with Crippen molar-refractivity contribution in [3.05, 3.63) is 23.8 Å². The van der Waals surface area contributed by atoms with Crippen LogP contribution in [0, 0.1) is 5.92 Å². The van der Waals surface area contributed by atoms with Crippen molar-refractivity contribution in [2.24, 2.45) is 5.92 Å². The molecule has 2 rings (SSSR count). The number of methoxy groups -OCH3 is 1. The minimum Gasteiger partial charge on any atom is -0.504 e. The number of ether oxygens (including phenoxy) is 2. The first-order valence-electron chi connectivity index (χ1n) is 6.43. The van der Waals surface area contributed by atoms with Gasteiger partial charge < -0.3 is 19.9 Å². The standard InChI is InChI=1S/C14H19NO4/c1-18-13-8-11(2-3-12(13)16)14(17)15-9-10-4-6-19-7-5-10/h2-3,8,10,16H,4-7,9H2,1H3,(H,15,17). The summed E-state index contributed by atoms with van der Waals surface area (Å²) < 4.78 is 10.3. The van der Waals surface area contributed by atoms with Gasteiger partial charge >= 0.3 is 0 Å². The van der Waals surface area contributed by atoms with Gasteiger partial charge in [0.05, 0.1) is 7.11 Å². The number of hydrogen-bond donors (Lipinski definition) is 2. The van der Waals surface area contributed by atoms with Crippen LogP contribution >= 0.6 is 0 Å². The van der Waals surface area contributed by atoms with Crippen LogP contribution in [0.4, 0.5) is 0 Å². The molecule has 1 fully saturated rings. The molecule has 5 heteroatoms. The summed E-state index contributed by atoms with van der Waals surface area (Å²) in [5, 5.41) is 12.4. The lowest BCUT2D eigenvalue weighted by Crippen LogP contribution is -2.32. The molecule has 0 aliphatic carbocycles. The smallest absolute Gasteiger partial charge is 0.251 e.